The van der Waals surface area contributed by atoms with E-state index >= 15 is 0 Å². The summed E-state index contributed by atoms with van der Waals surface area (Å²) in [6.07, 6.45) is 5.71. The monoisotopic (exact) mass is 303 g/mol. The molecule has 1 aromatic carbocycles. The van der Waals surface area contributed by atoms with E-state index in [2.05, 4.69) is 47.2 Å². The molecule has 4 heteroatoms. The molecule has 4 nitrogen and oxygen atoms in total. The minimum atomic E-state index is 0.899. The van der Waals surface area contributed by atoms with Gasteiger partial charge in [-0.25, -0.2) is 0 Å². The van der Waals surface area contributed by atoms with Gasteiger partial charge >= 0.3 is 0 Å². The van der Waals surface area contributed by atoms with Crippen molar-refractivity contribution in [2.45, 2.75) is 33.1 Å². The van der Waals surface area contributed by atoms with Crippen LogP contribution >= 0.6 is 0 Å². The summed E-state index contributed by atoms with van der Waals surface area (Å²) in [5, 5.41) is 4.72. The van der Waals surface area contributed by atoms with E-state index in [1.165, 1.54) is 31.2 Å². The molecule has 0 fully saturated rings. The second-order valence-electron chi connectivity index (χ2n) is 5.63. The van der Waals surface area contributed by atoms with Crippen LogP contribution in [0.1, 0.15) is 33.1 Å². The zero-order valence-corrected chi connectivity index (χ0v) is 14.1. The average Bonchev–Trinajstić information content (AvgIpc) is 3.02. The maximum atomic E-state index is 5.37. The van der Waals surface area contributed by atoms with E-state index in [-0.39, 0.29) is 0 Å². The number of hydrogen-bond acceptors (Lipinski definition) is 3. The molecule has 0 saturated heterocycles. The number of nitrogens with zero attached hydrogens (tertiary/aromatic N) is 1. The molecule has 0 atom stereocenters. The van der Waals surface area contributed by atoms with Gasteiger partial charge in [-0.15, -0.1) is 0 Å². The van der Waals surface area contributed by atoms with E-state index in [4.69, 9.17) is 4.74 Å². The summed E-state index contributed by atoms with van der Waals surface area (Å²) in [6.45, 7) is 8.99. The van der Waals surface area contributed by atoms with Crippen molar-refractivity contribution in [3.8, 4) is 5.75 Å². The Balaban J connectivity index is 1.78. The quantitative estimate of drug-likeness (QED) is 0.649. The van der Waals surface area contributed by atoms with E-state index in [9.17, 15) is 0 Å². The number of H-pyrrole nitrogens is 1. The van der Waals surface area contributed by atoms with Crippen molar-refractivity contribution in [2.24, 2.45) is 0 Å². The fraction of sp³-hybridized carbons (Fsp3) is 0.556. The number of aromatic nitrogens is 1. The molecule has 2 rings (SSSR count). The number of fused-ring (bicyclic) bond motifs is 1. The molecule has 1 aromatic heterocycles. The maximum absolute atomic E-state index is 5.37. The molecule has 22 heavy (non-hydrogen) atoms. The summed E-state index contributed by atoms with van der Waals surface area (Å²) < 4.78 is 5.37. The molecule has 0 unspecified atom stereocenters. The topological polar surface area (TPSA) is 40.3 Å². The molecule has 0 amide bonds. The number of aromatic amines is 1. The minimum absolute atomic E-state index is 0.899. The van der Waals surface area contributed by atoms with Crippen molar-refractivity contribution < 1.29 is 4.74 Å². The first-order valence-corrected chi connectivity index (χ1v) is 8.39. The predicted octanol–water partition coefficient (Wildman–Crippen LogP) is 4.10. The highest BCUT2D eigenvalue weighted by Crippen LogP contribution is 2.28. The van der Waals surface area contributed by atoms with E-state index in [0.717, 1.165) is 36.6 Å². The Hall–Kier alpha value is -1.68. The Morgan fingerprint density at radius 1 is 1.14 bits per heavy atom. The third-order valence-electron chi connectivity index (χ3n) is 4.23. The number of nitrogens with one attached hydrogen (secondary N) is 2. The van der Waals surface area contributed by atoms with Gasteiger partial charge in [-0.1, -0.05) is 20.3 Å². The van der Waals surface area contributed by atoms with Crippen molar-refractivity contribution in [2.75, 3.05) is 38.6 Å². The summed E-state index contributed by atoms with van der Waals surface area (Å²) in [5.74, 6) is 0.899. The first-order chi connectivity index (χ1) is 10.8. The van der Waals surface area contributed by atoms with E-state index in [1.54, 1.807) is 7.11 Å². The van der Waals surface area contributed by atoms with Gasteiger partial charge in [0.1, 0.15) is 5.75 Å². The largest absolute Gasteiger partial charge is 0.497 e. The number of rotatable bonds is 10. The SMILES string of the molecule is CCN(CC)CCCCCNc1cc(OC)cc2cc[nH]c12. The van der Waals surface area contributed by atoms with Crippen molar-refractivity contribution in [1.29, 1.82) is 0 Å². The summed E-state index contributed by atoms with van der Waals surface area (Å²) in [7, 11) is 1.71. The van der Waals surface area contributed by atoms with Gasteiger partial charge in [-0.2, -0.15) is 0 Å². The molecule has 0 spiro atoms. The summed E-state index contributed by atoms with van der Waals surface area (Å²) in [4.78, 5) is 5.78. The highest BCUT2D eigenvalue weighted by molar-refractivity contribution is 5.92. The molecule has 2 aromatic rings. The standard InChI is InChI=1S/C18H29N3O/c1-4-21(5-2)12-8-6-7-10-19-17-14-16(22-3)13-15-9-11-20-18(15)17/h9,11,13-14,19-20H,4-8,10,12H2,1-3H3. The lowest BCUT2D eigenvalue weighted by Crippen LogP contribution is -2.23. The van der Waals surface area contributed by atoms with E-state index in [0.29, 0.717) is 0 Å². The van der Waals surface area contributed by atoms with Gasteiger partial charge in [0, 0.05) is 24.2 Å². The predicted molar refractivity (Wildman–Crippen MR) is 95.0 cm³/mol. The van der Waals surface area contributed by atoms with Crippen LogP contribution in [0, 0.1) is 0 Å². The van der Waals surface area contributed by atoms with Crippen LogP contribution in [0.2, 0.25) is 0 Å². The third-order valence-corrected chi connectivity index (χ3v) is 4.23. The van der Waals surface area contributed by atoms with Gasteiger partial charge in [0.15, 0.2) is 0 Å². The average molecular weight is 303 g/mol. The fourth-order valence-electron chi connectivity index (χ4n) is 2.80. The zero-order valence-electron chi connectivity index (χ0n) is 14.1. The number of methoxy groups -OCH3 is 1. The van der Waals surface area contributed by atoms with Crippen LogP contribution in [0.4, 0.5) is 5.69 Å². The molecule has 122 valence electrons. The number of hydrogen-bond donors (Lipinski definition) is 2. The van der Waals surface area contributed by atoms with Crippen molar-refractivity contribution in [1.82, 2.24) is 9.88 Å². The second-order valence-corrected chi connectivity index (χ2v) is 5.63. The first-order valence-electron chi connectivity index (χ1n) is 8.39. The molecule has 0 aliphatic heterocycles. The van der Waals surface area contributed by atoms with Crippen LogP contribution in [0.25, 0.3) is 10.9 Å². The van der Waals surface area contributed by atoms with Gasteiger partial charge in [-0.05, 0) is 44.6 Å². The fourth-order valence-corrected chi connectivity index (χ4v) is 2.80. The zero-order chi connectivity index (χ0) is 15.8. The lowest BCUT2D eigenvalue weighted by atomic mass is 10.2. The van der Waals surface area contributed by atoms with Crippen LogP contribution in [-0.4, -0.2) is 43.2 Å². The van der Waals surface area contributed by atoms with Gasteiger partial charge in [0.05, 0.1) is 18.3 Å². The summed E-state index contributed by atoms with van der Waals surface area (Å²) in [6, 6.07) is 6.20. The molecule has 0 radical (unpaired) electrons. The number of benzene rings is 1. The van der Waals surface area contributed by atoms with E-state index in [1.807, 2.05) is 6.20 Å². The van der Waals surface area contributed by atoms with Crippen LogP contribution in [0.3, 0.4) is 0 Å². The smallest absolute Gasteiger partial charge is 0.121 e. The Bertz CT molecular complexity index is 560. The van der Waals surface area contributed by atoms with Crippen molar-refractivity contribution >= 4 is 16.6 Å². The van der Waals surface area contributed by atoms with E-state index < -0.39 is 0 Å². The van der Waals surface area contributed by atoms with Gasteiger partial charge in [0.25, 0.3) is 0 Å². The van der Waals surface area contributed by atoms with Gasteiger partial charge < -0.3 is 19.9 Å². The number of unbranched alkanes of at least 4 members (excludes halogenated alkanes) is 2. The molecule has 1 heterocycles. The van der Waals surface area contributed by atoms with Crippen LogP contribution < -0.4 is 10.1 Å². The molecule has 0 bridgehead atoms. The van der Waals surface area contributed by atoms with Crippen molar-refractivity contribution in [3.63, 3.8) is 0 Å². The Kier molecular flexibility index (Phi) is 6.59. The summed E-state index contributed by atoms with van der Waals surface area (Å²) >= 11 is 0. The maximum Gasteiger partial charge on any atom is 0.121 e. The van der Waals surface area contributed by atoms with Crippen LogP contribution in [0.5, 0.6) is 5.75 Å². The minimum Gasteiger partial charge on any atom is -0.497 e. The molecular formula is C18H29N3O. The van der Waals surface area contributed by atoms with Crippen LogP contribution in [-0.2, 0) is 0 Å². The summed E-state index contributed by atoms with van der Waals surface area (Å²) in [5.41, 5.74) is 2.28. The lowest BCUT2D eigenvalue weighted by Gasteiger charge is -2.17. The van der Waals surface area contributed by atoms with Crippen LogP contribution in [0.15, 0.2) is 24.4 Å². The third kappa shape index (κ3) is 4.41. The van der Waals surface area contributed by atoms with Gasteiger partial charge in [0.2, 0.25) is 0 Å². The molecule has 0 saturated carbocycles. The normalized spacial score (nSPS) is 11.3. The molecule has 2 N–H and O–H groups in total. The number of ether oxygens (including phenoxy) is 1. The molecule has 0 aliphatic rings. The lowest BCUT2D eigenvalue weighted by molar-refractivity contribution is 0.296. The molecule has 0 aliphatic carbocycles. The molecular weight excluding hydrogens is 274 g/mol. The van der Waals surface area contributed by atoms with Gasteiger partial charge in [-0.3, -0.25) is 0 Å². The Morgan fingerprint density at radius 3 is 2.68 bits per heavy atom. The Labute approximate surface area is 133 Å². The Morgan fingerprint density at radius 2 is 1.95 bits per heavy atom. The van der Waals surface area contributed by atoms with Crippen molar-refractivity contribution in [3.05, 3.63) is 24.4 Å². The highest BCUT2D eigenvalue weighted by Gasteiger charge is 2.05. The second kappa shape index (κ2) is 8.69. The first kappa shape index (κ1) is 16.7. The number of anilines is 1. The highest BCUT2D eigenvalue weighted by atomic mass is 16.5.